The van der Waals surface area contributed by atoms with Crippen LogP contribution >= 0.6 is 12.2 Å². The van der Waals surface area contributed by atoms with Crippen LogP contribution in [0.15, 0.2) is 60.7 Å². The fourth-order valence-corrected chi connectivity index (χ4v) is 3.64. The molecule has 1 saturated heterocycles. The normalized spacial score (nSPS) is 15.2. The number of piperidine rings is 1. The van der Waals surface area contributed by atoms with E-state index in [1.165, 1.54) is 30.4 Å². The molecular formula is C21H26N2S. The monoisotopic (exact) mass is 338 g/mol. The summed E-state index contributed by atoms with van der Waals surface area (Å²) in [5.74, 6) is 0.788. The predicted octanol–water partition coefficient (Wildman–Crippen LogP) is 4.06. The zero-order chi connectivity index (χ0) is 16.6. The Morgan fingerprint density at radius 1 is 0.917 bits per heavy atom. The van der Waals surface area contributed by atoms with E-state index in [0.29, 0.717) is 0 Å². The molecule has 1 N–H and O–H groups in total. The van der Waals surface area contributed by atoms with Crippen LogP contribution in [-0.4, -0.2) is 29.6 Å². The molecule has 126 valence electrons. The Morgan fingerprint density at radius 3 is 2.12 bits per heavy atom. The minimum Gasteiger partial charge on any atom is -0.362 e. The number of thiocarbonyl (C=S) groups is 1. The van der Waals surface area contributed by atoms with E-state index < -0.39 is 0 Å². The molecule has 1 aliphatic heterocycles. The summed E-state index contributed by atoms with van der Waals surface area (Å²) in [5.41, 5.74) is 2.81. The van der Waals surface area contributed by atoms with Gasteiger partial charge in [-0.25, -0.2) is 0 Å². The Hall–Kier alpha value is -1.87. The molecule has 2 aromatic carbocycles. The average molecular weight is 339 g/mol. The zero-order valence-electron chi connectivity index (χ0n) is 14.2. The van der Waals surface area contributed by atoms with Crippen LogP contribution in [0.2, 0.25) is 0 Å². The summed E-state index contributed by atoms with van der Waals surface area (Å²) in [4.78, 5) is 2.34. The highest BCUT2D eigenvalue weighted by Gasteiger charge is 2.20. The van der Waals surface area contributed by atoms with E-state index in [4.69, 9.17) is 12.2 Å². The van der Waals surface area contributed by atoms with Crippen molar-refractivity contribution in [3.05, 3.63) is 71.8 Å². The molecule has 0 bridgehead atoms. The van der Waals surface area contributed by atoms with Gasteiger partial charge in [0.2, 0.25) is 0 Å². The van der Waals surface area contributed by atoms with Crippen molar-refractivity contribution in [3.63, 3.8) is 0 Å². The van der Waals surface area contributed by atoms with Crippen molar-refractivity contribution >= 4 is 17.3 Å². The van der Waals surface area contributed by atoms with Crippen LogP contribution in [0.4, 0.5) is 0 Å². The summed E-state index contributed by atoms with van der Waals surface area (Å²) in [6, 6.07) is 21.4. The molecule has 0 spiro atoms. The van der Waals surface area contributed by atoms with Gasteiger partial charge in [-0.05, 0) is 54.9 Å². The van der Waals surface area contributed by atoms with Gasteiger partial charge in [0, 0.05) is 19.6 Å². The lowest BCUT2D eigenvalue weighted by Crippen LogP contribution is -2.45. The maximum atomic E-state index is 5.57. The summed E-state index contributed by atoms with van der Waals surface area (Å²) in [7, 11) is 0. The Labute approximate surface area is 150 Å². The van der Waals surface area contributed by atoms with Gasteiger partial charge < -0.3 is 10.2 Å². The number of nitrogens with one attached hydrogen (secondary N) is 1. The van der Waals surface area contributed by atoms with Crippen LogP contribution in [0.1, 0.15) is 24.0 Å². The van der Waals surface area contributed by atoms with Gasteiger partial charge in [-0.2, -0.15) is 0 Å². The second-order valence-corrected chi connectivity index (χ2v) is 6.97. The first-order valence-electron chi connectivity index (χ1n) is 8.92. The number of hydrogen-bond acceptors (Lipinski definition) is 1. The standard InChI is InChI=1S/C21H26N2S/c24-21(22-14-11-18-7-3-1-4-8-18)23-15-12-20(13-16-23)17-19-9-5-2-6-10-19/h1-10,20H,11-17H2,(H,22,24). The fourth-order valence-electron chi connectivity index (χ4n) is 3.36. The SMILES string of the molecule is S=C(NCCc1ccccc1)N1CCC(Cc2ccccc2)CC1. The number of hydrogen-bond donors (Lipinski definition) is 1. The molecule has 24 heavy (non-hydrogen) atoms. The van der Waals surface area contributed by atoms with Gasteiger partial charge in [0.05, 0.1) is 0 Å². The molecule has 3 rings (SSSR count). The summed E-state index contributed by atoms with van der Waals surface area (Å²) < 4.78 is 0. The average Bonchev–Trinajstić information content (AvgIpc) is 2.64. The molecule has 0 atom stereocenters. The zero-order valence-corrected chi connectivity index (χ0v) is 15.0. The van der Waals surface area contributed by atoms with E-state index in [-0.39, 0.29) is 0 Å². The molecular weight excluding hydrogens is 312 g/mol. The molecule has 1 heterocycles. The summed E-state index contributed by atoms with van der Waals surface area (Å²) >= 11 is 5.57. The Balaban J connectivity index is 1.37. The van der Waals surface area contributed by atoms with E-state index in [1.807, 2.05) is 0 Å². The first kappa shape index (κ1) is 17.0. The molecule has 1 fully saturated rings. The molecule has 0 radical (unpaired) electrons. The van der Waals surface area contributed by atoms with Crippen LogP contribution in [0.5, 0.6) is 0 Å². The second-order valence-electron chi connectivity index (χ2n) is 6.59. The lowest BCUT2D eigenvalue weighted by atomic mass is 9.90. The molecule has 2 nitrogen and oxygen atoms in total. The highest BCUT2D eigenvalue weighted by Crippen LogP contribution is 2.21. The van der Waals surface area contributed by atoms with Crippen molar-refractivity contribution in [2.24, 2.45) is 5.92 Å². The summed E-state index contributed by atoms with van der Waals surface area (Å²) in [5, 5.41) is 4.34. The van der Waals surface area contributed by atoms with Gasteiger partial charge in [0.1, 0.15) is 0 Å². The second kappa shape index (κ2) is 8.84. The quantitative estimate of drug-likeness (QED) is 0.828. The van der Waals surface area contributed by atoms with E-state index in [9.17, 15) is 0 Å². The smallest absolute Gasteiger partial charge is 0.168 e. The molecule has 0 unspecified atom stereocenters. The maximum Gasteiger partial charge on any atom is 0.168 e. The Morgan fingerprint density at radius 2 is 1.50 bits per heavy atom. The van der Waals surface area contributed by atoms with Crippen LogP contribution in [-0.2, 0) is 12.8 Å². The topological polar surface area (TPSA) is 15.3 Å². The van der Waals surface area contributed by atoms with Gasteiger partial charge in [-0.3, -0.25) is 0 Å². The molecule has 0 aliphatic carbocycles. The predicted molar refractivity (Wildman–Crippen MR) is 105 cm³/mol. The Kier molecular flexibility index (Phi) is 6.25. The van der Waals surface area contributed by atoms with Crippen molar-refractivity contribution in [1.29, 1.82) is 0 Å². The minimum absolute atomic E-state index is 0.788. The number of benzene rings is 2. The van der Waals surface area contributed by atoms with Crippen molar-refractivity contribution in [2.45, 2.75) is 25.7 Å². The van der Waals surface area contributed by atoms with Gasteiger partial charge in [-0.1, -0.05) is 60.7 Å². The van der Waals surface area contributed by atoms with Gasteiger partial charge >= 0.3 is 0 Å². The lowest BCUT2D eigenvalue weighted by molar-refractivity contribution is 0.263. The molecule has 3 heteroatoms. The summed E-state index contributed by atoms with van der Waals surface area (Å²) in [6.07, 6.45) is 4.68. The highest BCUT2D eigenvalue weighted by molar-refractivity contribution is 7.80. The third kappa shape index (κ3) is 5.07. The number of nitrogens with zero attached hydrogens (tertiary/aromatic N) is 1. The largest absolute Gasteiger partial charge is 0.362 e. The van der Waals surface area contributed by atoms with Gasteiger partial charge in [0.25, 0.3) is 0 Å². The van der Waals surface area contributed by atoms with E-state index in [2.05, 4.69) is 70.9 Å². The highest BCUT2D eigenvalue weighted by atomic mass is 32.1. The number of likely N-dealkylation sites (tertiary alicyclic amines) is 1. The minimum atomic E-state index is 0.788. The third-order valence-electron chi connectivity index (χ3n) is 4.80. The fraction of sp³-hybridized carbons (Fsp3) is 0.381. The molecule has 1 aliphatic rings. The van der Waals surface area contributed by atoms with E-state index in [0.717, 1.165) is 37.1 Å². The lowest BCUT2D eigenvalue weighted by Gasteiger charge is -2.34. The van der Waals surface area contributed by atoms with Crippen molar-refractivity contribution in [2.75, 3.05) is 19.6 Å². The van der Waals surface area contributed by atoms with E-state index >= 15 is 0 Å². The van der Waals surface area contributed by atoms with Gasteiger partial charge in [0.15, 0.2) is 5.11 Å². The molecule has 0 aromatic heterocycles. The van der Waals surface area contributed by atoms with E-state index in [1.54, 1.807) is 0 Å². The number of rotatable bonds is 5. The maximum absolute atomic E-state index is 5.57. The third-order valence-corrected chi connectivity index (χ3v) is 5.20. The summed E-state index contributed by atoms with van der Waals surface area (Å²) in [6.45, 7) is 3.07. The van der Waals surface area contributed by atoms with Crippen LogP contribution in [0.25, 0.3) is 0 Å². The van der Waals surface area contributed by atoms with Crippen molar-refractivity contribution in [1.82, 2.24) is 10.2 Å². The van der Waals surface area contributed by atoms with Crippen molar-refractivity contribution < 1.29 is 0 Å². The first-order chi connectivity index (χ1) is 11.8. The first-order valence-corrected chi connectivity index (χ1v) is 9.33. The van der Waals surface area contributed by atoms with Crippen LogP contribution in [0, 0.1) is 5.92 Å². The van der Waals surface area contributed by atoms with Gasteiger partial charge in [-0.15, -0.1) is 0 Å². The Bertz CT molecular complexity index is 619. The molecule has 0 saturated carbocycles. The molecule has 0 amide bonds. The van der Waals surface area contributed by atoms with Crippen LogP contribution < -0.4 is 5.32 Å². The van der Waals surface area contributed by atoms with Crippen molar-refractivity contribution in [3.8, 4) is 0 Å². The van der Waals surface area contributed by atoms with Crippen LogP contribution in [0.3, 0.4) is 0 Å². The molecule has 2 aromatic rings.